The molecule has 1 aromatic heterocycles. The van der Waals surface area contributed by atoms with Crippen molar-refractivity contribution in [2.24, 2.45) is 0 Å². The van der Waals surface area contributed by atoms with Gasteiger partial charge in [0, 0.05) is 22.8 Å². The van der Waals surface area contributed by atoms with Gasteiger partial charge in [0.1, 0.15) is 6.26 Å². The van der Waals surface area contributed by atoms with E-state index < -0.39 is 11.2 Å². The lowest BCUT2D eigenvalue weighted by atomic mass is 9.95. The highest BCUT2D eigenvalue weighted by Gasteiger charge is 2.15. The molecule has 0 aliphatic heterocycles. The Bertz CT molecular complexity index is 585. The summed E-state index contributed by atoms with van der Waals surface area (Å²) in [5.74, 6) is 0.532. The van der Waals surface area contributed by atoms with Gasteiger partial charge in [-0.1, -0.05) is 38.1 Å². The molecule has 0 saturated carbocycles. The summed E-state index contributed by atoms with van der Waals surface area (Å²) in [4.78, 5) is 8.26. The van der Waals surface area contributed by atoms with Crippen molar-refractivity contribution in [3.63, 3.8) is 0 Å². The Balaban J connectivity index is 2.59. The van der Waals surface area contributed by atoms with Gasteiger partial charge in [-0.15, -0.1) is 0 Å². The van der Waals surface area contributed by atoms with E-state index in [0.29, 0.717) is 10.9 Å². The van der Waals surface area contributed by atoms with E-state index in [9.17, 15) is 4.55 Å². The highest BCUT2D eigenvalue weighted by molar-refractivity contribution is 7.90. The Labute approximate surface area is 116 Å². The molecule has 1 heterocycles. The lowest BCUT2D eigenvalue weighted by molar-refractivity contribution is 0.597. The van der Waals surface area contributed by atoms with Crippen LogP contribution in [0.5, 0.6) is 0 Å². The normalized spacial score (nSPS) is 12.7. The topological polar surface area (TPSA) is 74.9 Å². The molecule has 19 heavy (non-hydrogen) atoms. The molecule has 0 saturated heterocycles. The van der Waals surface area contributed by atoms with Gasteiger partial charge in [0.15, 0.2) is 0 Å². The van der Waals surface area contributed by atoms with Crippen LogP contribution in [0.1, 0.15) is 25.3 Å². The van der Waals surface area contributed by atoms with Gasteiger partial charge in [0.05, 0.1) is 5.69 Å². The maximum atomic E-state index is 11.6. The van der Waals surface area contributed by atoms with Crippen molar-refractivity contribution in [1.29, 1.82) is 0 Å². The monoisotopic (exact) mass is 275 g/mol. The van der Waals surface area contributed by atoms with E-state index in [4.69, 9.17) is 5.73 Å². The van der Waals surface area contributed by atoms with Crippen LogP contribution in [0.15, 0.2) is 35.4 Å². The molecule has 0 spiro atoms. The Hall–Kier alpha value is -1.59. The third kappa shape index (κ3) is 3.05. The molecule has 1 unspecified atom stereocenters. The third-order valence-corrected chi connectivity index (χ3v) is 3.67. The molecule has 1 atom stereocenters. The number of aromatic nitrogens is 2. The average Bonchev–Trinajstić information content (AvgIpc) is 2.37. The molecule has 100 valence electrons. The Morgan fingerprint density at radius 1 is 1.21 bits per heavy atom. The predicted molar refractivity (Wildman–Crippen MR) is 78.3 cm³/mol. The van der Waals surface area contributed by atoms with Crippen LogP contribution in [0.3, 0.4) is 0 Å². The van der Waals surface area contributed by atoms with Gasteiger partial charge in [-0.25, -0.2) is 4.98 Å². The van der Waals surface area contributed by atoms with Crippen molar-refractivity contribution >= 4 is 17.1 Å². The lowest BCUT2D eigenvalue weighted by Crippen LogP contribution is -2.06. The van der Waals surface area contributed by atoms with E-state index in [1.807, 2.05) is 18.2 Å². The zero-order valence-electron chi connectivity index (χ0n) is 11.3. The van der Waals surface area contributed by atoms with Crippen LogP contribution in [0, 0.1) is 0 Å². The largest absolute Gasteiger partial charge is 0.610 e. The average molecular weight is 275 g/mol. The van der Waals surface area contributed by atoms with Crippen LogP contribution >= 0.6 is 0 Å². The van der Waals surface area contributed by atoms with Crippen LogP contribution in [0.2, 0.25) is 0 Å². The third-order valence-electron chi connectivity index (χ3n) is 2.87. The molecule has 2 aromatic rings. The van der Waals surface area contributed by atoms with Crippen molar-refractivity contribution in [2.75, 3.05) is 12.0 Å². The van der Waals surface area contributed by atoms with Gasteiger partial charge < -0.3 is 10.3 Å². The maximum Gasteiger partial charge on any atom is 0.249 e. The van der Waals surface area contributed by atoms with Crippen LogP contribution in [0.4, 0.5) is 5.95 Å². The second-order valence-corrected chi connectivity index (χ2v) is 5.97. The summed E-state index contributed by atoms with van der Waals surface area (Å²) in [6.45, 7) is 4.25. The zero-order chi connectivity index (χ0) is 14.0. The first-order chi connectivity index (χ1) is 8.99. The highest BCUT2D eigenvalue weighted by atomic mass is 32.2. The highest BCUT2D eigenvalue weighted by Crippen LogP contribution is 2.29. The van der Waals surface area contributed by atoms with Crippen molar-refractivity contribution in [1.82, 2.24) is 9.97 Å². The second-order valence-electron chi connectivity index (χ2n) is 4.65. The van der Waals surface area contributed by atoms with E-state index >= 15 is 0 Å². The van der Waals surface area contributed by atoms with E-state index in [1.54, 1.807) is 12.3 Å². The minimum atomic E-state index is -1.17. The molecular formula is C14H17N3OS. The van der Waals surface area contributed by atoms with Crippen molar-refractivity contribution in [2.45, 2.75) is 24.8 Å². The molecule has 2 rings (SSSR count). The molecular weight excluding hydrogens is 258 g/mol. The fraction of sp³-hybridized carbons (Fsp3) is 0.286. The van der Waals surface area contributed by atoms with E-state index in [1.165, 1.54) is 5.56 Å². The molecule has 5 heteroatoms. The molecule has 1 aromatic carbocycles. The quantitative estimate of drug-likeness (QED) is 0.690. The molecule has 0 aliphatic rings. The first-order valence-corrected chi connectivity index (χ1v) is 7.62. The SMILES string of the molecule is CC(C)c1ccccc1-c1cc([S+](C)[O-])nc(N)n1. The Morgan fingerprint density at radius 3 is 2.53 bits per heavy atom. The molecule has 0 fully saturated rings. The van der Waals surface area contributed by atoms with E-state index in [0.717, 1.165) is 11.3 Å². The summed E-state index contributed by atoms with van der Waals surface area (Å²) in [6.07, 6.45) is 1.58. The number of rotatable bonds is 3. The van der Waals surface area contributed by atoms with Crippen molar-refractivity contribution in [3.8, 4) is 11.3 Å². The van der Waals surface area contributed by atoms with Gasteiger partial charge >= 0.3 is 0 Å². The predicted octanol–water partition coefficient (Wildman–Crippen LogP) is 2.59. The van der Waals surface area contributed by atoms with Crippen LogP contribution in [0.25, 0.3) is 11.3 Å². The number of benzene rings is 1. The van der Waals surface area contributed by atoms with Gasteiger partial charge in [-0.05, 0) is 11.5 Å². The molecule has 0 bridgehead atoms. The molecule has 2 N–H and O–H groups in total. The molecule has 4 nitrogen and oxygen atoms in total. The summed E-state index contributed by atoms with van der Waals surface area (Å²) >= 11 is -1.17. The minimum absolute atomic E-state index is 0.154. The fourth-order valence-electron chi connectivity index (χ4n) is 1.96. The van der Waals surface area contributed by atoms with E-state index in [-0.39, 0.29) is 5.95 Å². The summed E-state index contributed by atoms with van der Waals surface area (Å²) in [5.41, 5.74) is 8.63. The molecule has 0 amide bonds. The van der Waals surface area contributed by atoms with Gasteiger partial charge in [-0.3, -0.25) is 0 Å². The minimum Gasteiger partial charge on any atom is -0.610 e. The second kappa shape index (κ2) is 5.59. The number of nitrogen functional groups attached to an aromatic ring is 1. The first-order valence-electron chi connectivity index (χ1n) is 6.06. The lowest BCUT2D eigenvalue weighted by Gasteiger charge is -2.13. The standard InChI is InChI=1S/C14H17N3OS/c1-9(2)10-6-4-5-7-11(10)12-8-13(19(3)18)17-14(15)16-12/h4-9H,1-3H3,(H2,15,16,17). The van der Waals surface area contributed by atoms with Gasteiger partial charge in [0.2, 0.25) is 11.0 Å². The fourth-order valence-corrected chi connectivity index (χ4v) is 2.46. The number of hydrogen-bond acceptors (Lipinski definition) is 4. The summed E-state index contributed by atoms with van der Waals surface area (Å²) in [5, 5.41) is 0.459. The maximum absolute atomic E-state index is 11.6. The van der Waals surface area contributed by atoms with Crippen molar-refractivity contribution < 1.29 is 4.55 Å². The summed E-state index contributed by atoms with van der Waals surface area (Å²) in [7, 11) is 0. The zero-order valence-corrected chi connectivity index (χ0v) is 12.1. The number of nitrogens with two attached hydrogens (primary N) is 1. The molecule has 0 aliphatic carbocycles. The van der Waals surface area contributed by atoms with Crippen LogP contribution < -0.4 is 5.73 Å². The van der Waals surface area contributed by atoms with Crippen LogP contribution in [-0.4, -0.2) is 20.8 Å². The summed E-state index contributed by atoms with van der Waals surface area (Å²) in [6, 6.07) is 9.78. The van der Waals surface area contributed by atoms with Gasteiger partial charge in [-0.2, -0.15) is 4.98 Å². The summed E-state index contributed by atoms with van der Waals surface area (Å²) < 4.78 is 11.6. The first kappa shape index (κ1) is 13.8. The van der Waals surface area contributed by atoms with Crippen LogP contribution in [-0.2, 0) is 11.2 Å². The number of hydrogen-bond donors (Lipinski definition) is 1. The van der Waals surface area contributed by atoms with Gasteiger partial charge in [0.25, 0.3) is 0 Å². The Kier molecular flexibility index (Phi) is 4.07. The number of nitrogens with zero attached hydrogens (tertiary/aromatic N) is 2. The molecule has 0 radical (unpaired) electrons. The Morgan fingerprint density at radius 2 is 1.89 bits per heavy atom. The number of anilines is 1. The van der Waals surface area contributed by atoms with Crippen molar-refractivity contribution in [3.05, 3.63) is 35.9 Å². The van der Waals surface area contributed by atoms with E-state index in [2.05, 4.69) is 29.9 Å². The smallest absolute Gasteiger partial charge is 0.249 e.